The van der Waals surface area contributed by atoms with Gasteiger partial charge in [0.1, 0.15) is 17.9 Å². The second-order valence-corrected chi connectivity index (χ2v) is 12.2. The summed E-state index contributed by atoms with van der Waals surface area (Å²) >= 11 is 0. The molecule has 1 aromatic carbocycles. The number of hydrogen-bond donors (Lipinski definition) is 2. The van der Waals surface area contributed by atoms with E-state index in [1.54, 1.807) is 6.20 Å². The van der Waals surface area contributed by atoms with Crippen molar-refractivity contribution in [3.05, 3.63) is 58.9 Å². The maximum absolute atomic E-state index is 14.3. The highest BCUT2D eigenvalue weighted by molar-refractivity contribution is 5.97. The molecule has 3 aliphatic rings. The second kappa shape index (κ2) is 11.8. The minimum atomic E-state index is -0.650. The lowest BCUT2D eigenvalue weighted by Crippen LogP contribution is -2.63. The molecule has 1 amide bonds. The van der Waals surface area contributed by atoms with E-state index in [1.807, 2.05) is 11.0 Å². The normalized spacial score (nSPS) is 27.1. The van der Waals surface area contributed by atoms with Gasteiger partial charge in [0, 0.05) is 80.2 Å². The van der Waals surface area contributed by atoms with E-state index in [4.69, 9.17) is 4.74 Å². The summed E-state index contributed by atoms with van der Waals surface area (Å²) in [6, 6.07) is 5.74. The first-order valence-corrected chi connectivity index (χ1v) is 14.3. The standard InChI is InChI=1S/C30H41F2N5O3/c1-5-24-15-36(29(39)17-40-24)14-23-11-33-19(2)13-35(23)16-28(38)37-18-30(3,4)25-12-34-22(10-27(25)37)8-20-6-7-21(31)9-26(20)32/h6-7,9-10,12,19,23-24,29,33,39H,5,8,11,13-18H2,1-4H3/t19-,23-,24?,29?/m1/s1. The molecule has 4 heterocycles. The number of nitrogens with zero attached hydrogens (tertiary/aromatic N) is 4. The van der Waals surface area contributed by atoms with Crippen LogP contribution in [-0.2, 0) is 21.4 Å². The fraction of sp³-hybridized carbons (Fsp3) is 0.600. The van der Waals surface area contributed by atoms with Crippen LogP contribution in [0, 0.1) is 11.6 Å². The Morgan fingerprint density at radius 1 is 1.23 bits per heavy atom. The van der Waals surface area contributed by atoms with Gasteiger partial charge in [0.25, 0.3) is 0 Å². The molecule has 0 saturated carbocycles. The first-order chi connectivity index (χ1) is 19.0. The Morgan fingerprint density at radius 2 is 2.02 bits per heavy atom. The van der Waals surface area contributed by atoms with Crippen molar-refractivity contribution < 1.29 is 23.4 Å². The van der Waals surface area contributed by atoms with Crippen LogP contribution >= 0.6 is 0 Å². The molecule has 2 fully saturated rings. The van der Waals surface area contributed by atoms with Gasteiger partial charge in [0.15, 0.2) is 0 Å². The van der Waals surface area contributed by atoms with Crippen molar-refractivity contribution in [1.82, 2.24) is 20.1 Å². The summed E-state index contributed by atoms with van der Waals surface area (Å²) in [5, 5.41) is 14.1. The quantitative estimate of drug-likeness (QED) is 0.542. The number of anilines is 1. The summed E-state index contributed by atoms with van der Waals surface area (Å²) in [5.41, 5.74) is 2.49. The van der Waals surface area contributed by atoms with Crippen LogP contribution in [0.2, 0.25) is 0 Å². The van der Waals surface area contributed by atoms with Gasteiger partial charge in [-0.15, -0.1) is 0 Å². The third-order valence-corrected chi connectivity index (χ3v) is 8.51. The number of pyridine rings is 1. The molecule has 3 aliphatic heterocycles. The third kappa shape index (κ3) is 6.21. The first kappa shape index (κ1) is 29.0. The number of aliphatic hydroxyl groups excluding tert-OH is 1. The Morgan fingerprint density at radius 3 is 2.77 bits per heavy atom. The van der Waals surface area contributed by atoms with E-state index in [0.29, 0.717) is 37.5 Å². The van der Waals surface area contributed by atoms with E-state index in [9.17, 15) is 18.7 Å². The van der Waals surface area contributed by atoms with Gasteiger partial charge >= 0.3 is 0 Å². The van der Waals surface area contributed by atoms with Crippen molar-refractivity contribution in [2.24, 2.45) is 0 Å². The summed E-state index contributed by atoms with van der Waals surface area (Å²) in [5.74, 6) is -1.22. The average Bonchev–Trinajstić information content (AvgIpc) is 3.18. The van der Waals surface area contributed by atoms with Crippen molar-refractivity contribution >= 4 is 11.6 Å². The summed E-state index contributed by atoms with van der Waals surface area (Å²) < 4.78 is 33.4. The van der Waals surface area contributed by atoms with Crippen molar-refractivity contribution in [3.63, 3.8) is 0 Å². The van der Waals surface area contributed by atoms with Crippen LogP contribution in [0.15, 0.2) is 30.5 Å². The third-order valence-electron chi connectivity index (χ3n) is 8.51. The van der Waals surface area contributed by atoms with Crippen LogP contribution in [0.1, 0.15) is 50.9 Å². The highest BCUT2D eigenvalue weighted by atomic mass is 19.1. The molecule has 40 heavy (non-hydrogen) atoms. The van der Waals surface area contributed by atoms with Gasteiger partial charge in [-0.25, -0.2) is 8.78 Å². The monoisotopic (exact) mass is 557 g/mol. The van der Waals surface area contributed by atoms with Crippen molar-refractivity contribution in [1.29, 1.82) is 0 Å². The second-order valence-electron chi connectivity index (χ2n) is 12.2. The Hall–Kier alpha value is -2.50. The van der Waals surface area contributed by atoms with E-state index in [0.717, 1.165) is 36.8 Å². The van der Waals surface area contributed by atoms with E-state index < -0.39 is 17.9 Å². The Bertz CT molecular complexity index is 1230. The van der Waals surface area contributed by atoms with Crippen LogP contribution in [0.3, 0.4) is 0 Å². The van der Waals surface area contributed by atoms with Gasteiger partial charge in [0.2, 0.25) is 5.91 Å². The number of morpholine rings is 1. The molecule has 2 unspecified atom stereocenters. The molecule has 10 heteroatoms. The number of piperazine rings is 1. The lowest BCUT2D eigenvalue weighted by molar-refractivity contribution is -0.146. The van der Waals surface area contributed by atoms with Crippen LogP contribution in [-0.4, -0.2) is 96.1 Å². The Labute approximate surface area is 235 Å². The van der Waals surface area contributed by atoms with Gasteiger partial charge in [0.05, 0.1) is 24.9 Å². The fourth-order valence-corrected chi connectivity index (χ4v) is 6.12. The number of aromatic nitrogens is 1. The average molecular weight is 558 g/mol. The SMILES string of the molecule is CCC1CN(C[C@H]2CN[C@H](C)CN2CC(=O)N2CC(C)(C)c3cnc(Cc4ccc(F)cc4F)cc32)C(O)CO1. The molecule has 8 nitrogen and oxygen atoms in total. The Balaban J connectivity index is 1.33. The van der Waals surface area contributed by atoms with Gasteiger partial charge < -0.3 is 20.1 Å². The molecule has 2 aromatic rings. The number of halogens is 2. The topological polar surface area (TPSA) is 81.2 Å². The van der Waals surface area contributed by atoms with E-state index in [-0.39, 0.29) is 42.5 Å². The van der Waals surface area contributed by atoms with Crippen LogP contribution in [0.4, 0.5) is 14.5 Å². The molecule has 0 bridgehead atoms. The predicted octanol–water partition coefficient (Wildman–Crippen LogP) is 2.67. The summed E-state index contributed by atoms with van der Waals surface area (Å²) in [6.07, 6.45) is 2.34. The number of fused-ring (bicyclic) bond motifs is 1. The number of benzene rings is 1. The molecule has 0 radical (unpaired) electrons. The number of carbonyl (C=O) groups is 1. The number of ether oxygens (including phenoxy) is 1. The van der Waals surface area contributed by atoms with Crippen LogP contribution < -0.4 is 10.2 Å². The molecule has 1 aromatic heterocycles. The summed E-state index contributed by atoms with van der Waals surface area (Å²) in [6.45, 7) is 12.3. The first-order valence-electron chi connectivity index (χ1n) is 14.3. The van der Waals surface area contributed by atoms with Crippen molar-refractivity contribution in [3.8, 4) is 0 Å². The number of rotatable bonds is 7. The number of carbonyl (C=O) groups excluding carboxylic acids is 1. The predicted molar refractivity (Wildman–Crippen MR) is 149 cm³/mol. The zero-order chi connectivity index (χ0) is 28.6. The lowest BCUT2D eigenvalue weighted by atomic mass is 9.88. The number of nitrogens with one attached hydrogen (secondary N) is 1. The molecule has 5 rings (SSSR count). The van der Waals surface area contributed by atoms with E-state index in [1.165, 1.54) is 12.1 Å². The Kier molecular flexibility index (Phi) is 8.54. The minimum Gasteiger partial charge on any atom is -0.376 e. The van der Waals surface area contributed by atoms with Gasteiger partial charge in [-0.1, -0.05) is 26.8 Å². The zero-order valence-corrected chi connectivity index (χ0v) is 23.9. The van der Waals surface area contributed by atoms with E-state index >= 15 is 0 Å². The smallest absolute Gasteiger partial charge is 0.241 e. The van der Waals surface area contributed by atoms with Gasteiger partial charge in [-0.2, -0.15) is 0 Å². The van der Waals surface area contributed by atoms with Crippen molar-refractivity contribution in [2.45, 2.75) is 70.4 Å². The molecule has 2 N–H and O–H groups in total. The summed E-state index contributed by atoms with van der Waals surface area (Å²) in [4.78, 5) is 24.6. The number of amides is 1. The van der Waals surface area contributed by atoms with Crippen LogP contribution in [0.5, 0.6) is 0 Å². The maximum Gasteiger partial charge on any atom is 0.241 e. The minimum absolute atomic E-state index is 0.00463. The molecule has 218 valence electrons. The molecule has 0 aliphatic carbocycles. The van der Waals surface area contributed by atoms with Gasteiger partial charge in [-0.3, -0.25) is 19.6 Å². The largest absolute Gasteiger partial charge is 0.376 e. The molecular formula is C30H41F2N5O3. The number of hydrogen-bond acceptors (Lipinski definition) is 7. The zero-order valence-electron chi connectivity index (χ0n) is 23.9. The van der Waals surface area contributed by atoms with E-state index in [2.05, 4.69) is 47.8 Å². The molecule has 0 spiro atoms. The summed E-state index contributed by atoms with van der Waals surface area (Å²) in [7, 11) is 0. The van der Waals surface area contributed by atoms with Crippen molar-refractivity contribution in [2.75, 3.05) is 50.8 Å². The highest BCUT2D eigenvalue weighted by Gasteiger charge is 2.40. The lowest BCUT2D eigenvalue weighted by Gasteiger charge is -2.44. The van der Waals surface area contributed by atoms with Crippen LogP contribution in [0.25, 0.3) is 0 Å². The molecule has 2 saturated heterocycles. The fourth-order valence-electron chi connectivity index (χ4n) is 6.12. The van der Waals surface area contributed by atoms with Gasteiger partial charge in [-0.05, 0) is 31.0 Å². The maximum atomic E-state index is 14.3. The molecule has 4 atom stereocenters. The number of aliphatic hydroxyl groups is 1. The molecular weight excluding hydrogens is 516 g/mol. The highest BCUT2D eigenvalue weighted by Crippen LogP contribution is 2.40.